The highest BCUT2D eigenvalue weighted by Gasteiger charge is 2.19. The van der Waals surface area contributed by atoms with Crippen molar-refractivity contribution in [2.24, 2.45) is 0 Å². The summed E-state index contributed by atoms with van der Waals surface area (Å²) in [6.07, 6.45) is 3.12. The van der Waals surface area contributed by atoms with Gasteiger partial charge in [0.1, 0.15) is 0 Å². The molecular weight excluding hydrogens is 286 g/mol. The Hall–Kier alpha value is -2.40. The molecule has 0 bridgehead atoms. The zero-order valence-corrected chi connectivity index (χ0v) is 12.0. The Labute approximate surface area is 126 Å². The van der Waals surface area contributed by atoms with Crippen LogP contribution in [-0.4, -0.2) is 23.5 Å². The van der Waals surface area contributed by atoms with Crippen LogP contribution in [0.15, 0.2) is 53.9 Å². The summed E-state index contributed by atoms with van der Waals surface area (Å²) in [6.45, 7) is 0.0625. The van der Waals surface area contributed by atoms with Crippen LogP contribution in [0.1, 0.15) is 16.4 Å². The van der Waals surface area contributed by atoms with Crippen LogP contribution in [0, 0.1) is 0 Å². The van der Waals surface area contributed by atoms with Crippen molar-refractivity contribution in [3.63, 3.8) is 0 Å². The lowest BCUT2D eigenvalue weighted by molar-refractivity contribution is -0.138. The molecule has 108 valence electrons. The highest BCUT2D eigenvalue weighted by molar-refractivity contribution is 7.10. The molecule has 1 unspecified atom stereocenters. The van der Waals surface area contributed by atoms with Crippen molar-refractivity contribution >= 4 is 29.3 Å². The van der Waals surface area contributed by atoms with Crippen LogP contribution in [0.25, 0.3) is 6.08 Å². The molecule has 0 aliphatic heterocycles. The van der Waals surface area contributed by atoms with Crippen LogP contribution in [0.5, 0.6) is 0 Å². The van der Waals surface area contributed by atoms with Crippen molar-refractivity contribution in [3.05, 3.63) is 64.4 Å². The van der Waals surface area contributed by atoms with Crippen LogP contribution >= 0.6 is 11.3 Å². The SMILES string of the molecule is O=C(C=Cc1cccs1)NCC(C(=O)O)c1ccccc1. The van der Waals surface area contributed by atoms with Crippen LogP contribution < -0.4 is 5.32 Å². The molecule has 2 rings (SSSR count). The van der Waals surface area contributed by atoms with E-state index < -0.39 is 11.9 Å². The monoisotopic (exact) mass is 301 g/mol. The number of hydrogen-bond donors (Lipinski definition) is 2. The summed E-state index contributed by atoms with van der Waals surface area (Å²) >= 11 is 1.53. The maximum absolute atomic E-state index is 11.7. The van der Waals surface area contributed by atoms with Gasteiger partial charge in [-0.05, 0) is 23.1 Å². The Bertz CT molecular complexity index is 620. The molecule has 1 aromatic carbocycles. The first-order valence-corrected chi connectivity index (χ1v) is 7.32. The van der Waals surface area contributed by atoms with Gasteiger partial charge in [-0.3, -0.25) is 9.59 Å². The minimum atomic E-state index is -0.955. The third-order valence-electron chi connectivity index (χ3n) is 2.92. The third-order valence-corrected chi connectivity index (χ3v) is 3.76. The fourth-order valence-electron chi connectivity index (χ4n) is 1.84. The number of benzene rings is 1. The van der Waals surface area contributed by atoms with Crippen LogP contribution in [0.3, 0.4) is 0 Å². The fraction of sp³-hybridized carbons (Fsp3) is 0.125. The average molecular weight is 301 g/mol. The van der Waals surface area contributed by atoms with Crippen molar-refractivity contribution < 1.29 is 14.7 Å². The van der Waals surface area contributed by atoms with E-state index in [2.05, 4.69) is 5.32 Å². The Kier molecular flexibility index (Phi) is 5.29. The Balaban J connectivity index is 1.93. The minimum Gasteiger partial charge on any atom is -0.481 e. The second kappa shape index (κ2) is 7.40. The van der Waals surface area contributed by atoms with E-state index in [-0.39, 0.29) is 12.5 Å². The maximum atomic E-state index is 11.7. The van der Waals surface area contributed by atoms with E-state index in [0.717, 1.165) is 4.88 Å². The second-order valence-corrected chi connectivity index (χ2v) is 5.37. The van der Waals surface area contributed by atoms with Crippen molar-refractivity contribution in [1.29, 1.82) is 0 Å². The van der Waals surface area contributed by atoms with Gasteiger partial charge in [0.2, 0.25) is 5.91 Å². The maximum Gasteiger partial charge on any atom is 0.312 e. The van der Waals surface area contributed by atoms with Gasteiger partial charge in [-0.1, -0.05) is 36.4 Å². The summed E-state index contributed by atoms with van der Waals surface area (Å²) in [7, 11) is 0. The van der Waals surface area contributed by atoms with Gasteiger partial charge in [0.15, 0.2) is 0 Å². The second-order valence-electron chi connectivity index (χ2n) is 4.40. The number of nitrogens with one attached hydrogen (secondary N) is 1. The number of rotatable bonds is 6. The highest BCUT2D eigenvalue weighted by Crippen LogP contribution is 2.15. The molecule has 1 amide bonds. The molecule has 1 heterocycles. The van der Waals surface area contributed by atoms with Gasteiger partial charge in [0, 0.05) is 17.5 Å². The number of carbonyl (C=O) groups excluding carboxylic acids is 1. The van der Waals surface area contributed by atoms with Crippen LogP contribution in [0.2, 0.25) is 0 Å². The van der Waals surface area contributed by atoms with Crippen molar-refractivity contribution in [1.82, 2.24) is 5.32 Å². The van der Waals surface area contributed by atoms with Gasteiger partial charge in [-0.2, -0.15) is 0 Å². The van der Waals surface area contributed by atoms with Gasteiger partial charge in [-0.25, -0.2) is 0 Å². The minimum absolute atomic E-state index is 0.0625. The van der Waals surface area contributed by atoms with Gasteiger partial charge in [-0.15, -0.1) is 11.3 Å². The molecule has 4 nitrogen and oxygen atoms in total. The Morgan fingerprint density at radius 3 is 2.57 bits per heavy atom. The molecule has 21 heavy (non-hydrogen) atoms. The van der Waals surface area contributed by atoms with E-state index in [1.54, 1.807) is 30.3 Å². The van der Waals surface area contributed by atoms with Crippen LogP contribution in [0.4, 0.5) is 0 Å². The average Bonchev–Trinajstić information content (AvgIpc) is 2.99. The first-order chi connectivity index (χ1) is 10.2. The predicted octanol–water partition coefficient (Wildman–Crippen LogP) is 2.75. The molecule has 0 saturated carbocycles. The summed E-state index contributed by atoms with van der Waals surface area (Å²) in [5, 5.41) is 13.8. The van der Waals surface area contributed by atoms with E-state index in [9.17, 15) is 14.7 Å². The largest absolute Gasteiger partial charge is 0.481 e. The summed E-state index contributed by atoms with van der Waals surface area (Å²) < 4.78 is 0. The predicted molar refractivity (Wildman–Crippen MR) is 83.2 cm³/mol. The topological polar surface area (TPSA) is 66.4 Å². The molecule has 1 aromatic heterocycles. The molecule has 1 atom stereocenters. The molecule has 0 radical (unpaired) electrons. The molecule has 0 aliphatic carbocycles. The molecule has 2 N–H and O–H groups in total. The first-order valence-electron chi connectivity index (χ1n) is 6.44. The smallest absolute Gasteiger partial charge is 0.312 e. The number of amides is 1. The summed E-state index contributed by atoms with van der Waals surface area (Å²) in [5.74, 6) is -2.00. The number of carbonyl (C=O) groups is 2. The lowest BCUT2D eigenvalue weighted by Crippen LogP contribution is -2.30. The highest BCUT2D eigenvalue weighted by atomic mass is 32.1. The van der Waals surface area contributed by atoms with Gasteiger partial charge in [0.05, 0.1) is 5.92 Å². The lowest BCUT2D eigenvalue weighted by atomic mass is 9.99. The van der Waals surface area contributed by atoms with Crippen molar-refractivity contribution in [2.75, 3.05) is 6.54 Å². The van der Waals surface area contributed by atoms with E-state index in [1.165, 1.54) is 17.4 Å². The number of hydrogen-bond acceptors (Lipinski definition) is 3. The summed E-state index contributed by atoms with van der Waals surface area (Å²) in [6, 6.07) is 12.7. The van der Waals surface area contributed by atoms with Gasteiger partial charge < -0.3 is 10.4 Å². The van der Waals surface area contributed by atoms with Crippen LogP contribution in [-0.2, 0) is 9.59 Å². The zero-order chi connectivity index (χ0) is 15.1. The van der Waals surface area contributed by atoms with Gasteiger partial charge in [0.25, 0.3) is 0 Å². The third kappa shape index (κ3) is 4.57. The molecule has 0 fully saturated rings. The quantitative estimate of drug-likeness (QED) is 0.806. The standard InChI is InChI=1S/C16H15NO3S/c18-15(9-8-13-7-4-10-21-13)17-11-14(16(19)20)12-5-2-1-3-6-12/h1-10,14H,11H2,(H,17,18)(H,19,20). The van der Waals surface area contributed by atoms with Gasteiger partial charge >= 0.3 is 5.97 Å². The molecular formula is C16H15NO3S. The normalized spacial score (nSPS) is 12.2. The summed E-state index contributed by atoms with van der Waals surface area (Å²) in [4.78, 5) is 24.0. The zero-order valence-electron chi connectivity index (χ0n) is 11.2. The number of aliphatic carboxylic acids is 1. The molecule has 2 aromatic rings. The Morgan fingerprint density at radius 2 is 1.95 bits per heavy atom. The molecule has 5 heteroatoms. The number of carboxylic acid groups (broad SMARTS) is 1. The number of carboxylic acids is 1. The first kappa shape index (κ1) is 15.0. The molecule has 0 aliphatic rings. The van der Waals surface area contributed by atoms with E-state index in [4.69, 9.17) is 0 Å². The summed E-state index contributed by atoms with van der Waals surface area (Å²) in [5.41, 5.74) is 0.674. The van der Waals surface area contributed by atoms with E-state index in [0.29, 0.717) is 5.56 Å². The van der Waals surface area contributed by atoms with Crippen molar-refractivity contribution in [3.8, 4) is 0 Å². The number of thiophene rings is 1. The van der Waals surface area contributed by atoms with E-state index >= 15 is 0 Å². The lowest BCUT2D eigenvalue weighted by Gasteiger charge is -2.12. The Morgan fingerprint density at radius 1 is 1.19 bits per heavy atom. The molecule has 0 spiro atoms. The van der Waals surface area contributed by atoms with E-state index in [1.807, 2.05) is 23.6 Å². The molecule has 0 saturated heterocycles. The fourth-order valence-corrected chi connectivity index (χ4v) is 2.46. The van der Waals surface area contributed by atoms with Crippen molar-refractivity contribution in [2.45, 2.75) is 5.92 Å².